The molecule has 6 heteroatoms. The van der Waals surface area contributed by atoms with Crippen molar-refractivity contribution in [3.05, 3.63) is 23.5 Å². The lowest BCUT2D eigenvalue weighted by Crippen LogP contribution is -2.22. The SMILES string of the molecule is COc1ccc(O)c(C(CN)C(=O)O)c1F. The van der Waals surface area contributed by atoms with Gasteiger partial charge in [-0.25, -0.2) is 4.39 Å². The first-order chi connectivity index (χ1) is 7.52. The van der Waals surface area contributed by atoms with Gasteiger partial charge in [-0.15, -0.1) is 0 Å². The highest BCUT2D eigenvalue weighted by Crippen LogP contribution is 2.33. The zero-order valence-electron chi connectivity index (χ0n) is 8.61. The summed E-state index contributed by atoms with van der Waals surface area (Å²) < 4.78 is 18.4. The molecule has 0 spiro atoms. The number of carboxylic acids is 1. The van der Waals surface area contributed by atoms with E-state index < -0.39 is 23.5 Å². The van der Waals surface area contributed by atoms with E-state index in [0.717, 1.165) is 0 Å². The molecule has 88 valence electrons. The van der Waals surface area contributed by atoms with Crippen molar-refractivity contribution >= 4 is 5.97 Å². The fourth-order valence-corrected chi connectivity index (χ4v) is 1.39. The number of nitrogens with two attached hydrogens (primary N) is 1. The number of rotatable bonds is 4. The van der Waals surface area contributed by atoms with Crippen LogP contribution in [0.4, 0.5) is 4.39 Å². The molecule has 0 aromatic heterocycles. The highest BCUT2D eigenvalue weighted by molar-refractivity contribution is 5.78. The van der Waals surface area contributed by atoms with Crippen molar-refractivity contribution in [2.45, 2.75) is 5.92 Å². The van der Waals surface area contributed by atoms with E-state index in [4.69, 9.17) is 15.6 Å². The van der Waals surface area contributed by atoms with Crippen molar-refractivity contribution in [3.8, 4) is 11.5 Å². The molecule has 0 saturated heterocycles. The minimum Gasteiger partial charge on any atom is -0.508 e. The molecule has 0 heterocycles. The summed E-state index contributed by atoms with van der Waals surface area (Å²) in [5.41, 5.74) is 4.88. The third-order valence-electron chi connectivity index (χ3n) is 2.22. The maximum Gasteiger partial charge on any atom is 0.312 e. The molecule has 0 aliphatic rings. The van der Waals surface area contributed by atoms with Gasteiger partial charge in [-0.05, 0) is 12.1 Å². The van der Waals surface area contributed by atoms with Gasteiger partial charge in [-0.1, -0.05) is 0 Å². The van der Waals surface area contributed by atoms with E-state index >= 15 is 0 Å². The molecule has 1 unspecified atom stereocenters. The Labute approximate surface area is 91.3 Å². The van der Waals surface area contributed by atoms with Crippen molar-refractivity contribution in [3.63, 3.8) is 0 Å². The second-order valence-electron chi connectivity index (χ2n) is 3.14. The van der Waals surface area contributed by atoms with Crippen molar-refractivity contribution in [1.29, 1.82) is 0 Å². The first kappa shape index (κ1) is 12.3. The Balaban J connectivity index is 3.35. The Morgan fingerprint density at radius 1 is 1.62 bits per heavy atom. The van der Waals surface area contributed by atoms with E-state index in [1.54, 1.807) is 0 Å². The van der Waals surface area contributed by atoms with Crippen LogP contribution in [0.1, 0.15) is 11.5 Å². The largest absolute Gasteiger partial charge is 0.508 e. The van der Waals surface area contributed by atoms with Gasteiger partial charge in [0.15, 0.2) is 11.6 Å². The third kappa shape index (κ3) is 2.06. The molecular weight excluding hydrogens is 217 g/mol. The normalized spacial score (nSPS) is 12.2. The van der Waals surface area contributed by atoms with Crippen LogP contribution < -0.4 is 10.5 Å². The summed E-state index contributed by atoms with van der Waals surface area (Å²) in [5, 5.41) is 18.3. The van der Waals surface area contributed by atoms with E-state index in [2.05, 4.69) is 0 Å². The summed E-state index contributed by atoms with van der Waals surface area (Å²) >= 11 is 0. The smallest absolute Gasteiger partial charge is 0.312 e. The number of benzene rings is 1. The van der Waals surface area contributed by atoms with Crippen LogP contribution in [0.15, 0.2) is 12.1 Å². The van der Waals surface area contributed by atoms with Gasteiger partial charge in [0, 0.05) is 12.1 Å². The van der Waals surface area contributed by atoms with Gasteiger partial charge < -0.3 is 20.7 Å². The lowest BCUT2D eigenvalue weighted by atomic mass is 9.97. The van der Waals surface area contributed by atoms with Crippen LogP contribution in [-0.2, 0) is 4.79 Å². The lowest BCUT2D eigenvalue weighted by Gasteiger charge is -2.14. The number of carbonyl (C=O) groups is 1. The molecule has 1 aromatic rings. The Kier molecular flexibility index (Phi) is 3.68. The molecule has 0 radical (unpaired) electrons. The van der Waals surface area contributed by atoms with Crippen LogP contribution >= 0.6 is 0 Å². The van der Waals surface area contributed by atoms with Gasteiger partial charge in [-0.2, -0.15) is 0 Å². The second-order valence-corrected chi connectivity index (χ2v) is 3.14. The van der Waals surface area contributed by atoms with Crippen molar-refractivity contribution in [2.24, 2.45) is 5.73 Å². The van der Waals surface area contributed by atoms with Crippen molar-refractivity contribution in [2.75, 3.05) is 13.7 Å². The third-order valence-corrected chi connectivity index (χ3v) is 2.22. The molecule has 0 amide bonds. The molecule has 16 heavy (non-hydrogen) atoms. The van der Waals surface area contributed by atoms with Gasteiger partial charge in [0.1, 0.15) is 11.7 Å². The van der Waals surface area contributed by atoms with Crippen LogP contribution in [0.2, 0.25) is 0 Å². The van der Waals surface area contributed by atoms with Crippen LogP contribution in [-0.4, -0.2) is 29.8 Å². The van der Waals surface area contributed by atoms with E-state index in [1.807, 2.05) is 0 Å². The molecule has 0 bridgehead atoms. The number of hydrogen-bond donors (Lipinski definition) is 3. The highest BCUT2D eigenvalue weighted by Gasteiger charge is 2.27. The predicted molar refractivity (Wildman–Crippen MR) is 54.0 cm³/mol. The molecule has 1 atom stereocenters. The molecule has 5 nitrogen and oxygen atoms in total. The zero-order valence-corrected chi connectivity index (χ0v) is 8.61. The number of hydrogen-bond acceptors (Lipinski definition) is 4. The van der Waals surface area contributed by atoms with Crippen LogP contribution in [0.5, 0.6) is 11.5 Å². The molecule has 4 N–H and O–H groups in total. The fraction of sp³-hybridized carbons (Fsp3) is 0.300. The Bertz CT molecular complexity index is 408. The number of ether oxygens (including phenoxy) is 1. The summed E-state index contributed by atoms with van der Waals surface area (Å²) in [5.74, 6) is -4.08. The maximum atomic E-state index is 13.7. The fourth-order valence-electron chi connectivity index (χ4n) is 1.39. The highest BCUT2D eigenvalue weighted by atomic mass is 19.1. The topological polar surface area (TPSA) is 92.8 Å². The Hall–Kier alpha value is -1.82. The van der Waals surface area contributed by atoms with Gasteiger partial charge in [0.25, 0.3) is 0 Å². The molecule has 0 fully saturated rings. The first-order valence-electron chi connectivity index (χ1n) is 4.51. The minimum absolute atomic E-state index is 0.132. The monoisotopic (exact) mass is 229 g/mol. The Morgan fingerprint density at radius 2 is 2.25 bits per heavy atom. The molecule has 0 saturated carbocycles. The number of aliphatic carboxylic acids is 1. The summed E-state index contributed by atoms with van der Waals surface area (Å²) in [7, 11) is 1.25. The van der Waals surface area contributed by atoms with Crippen molar-refractivity contribution < 1.29 is 24.1 Å². The van der Waals surface area contributed by atoms with Gasteiger partial charge >= 0.3 is 5.97 Å². The zero-order chi connectivity index (χ0) is 12.3. The lowest BCUT2D eigenvalue weighted by molar-refractivity contribution is -0.138. The Morgan fingerprint density at radius 3 is 2.69 bits per heavy atom. The van der Waals surface area contributed by atoms with Gasteiger partial charge in [0.2, 0.25) is 0 Å². The number of aromatic hydroxyl groups is 1. The van der Waals surface area contributed by atoms with Crippen LogP contribution in [0.3, 0.4) is 0 Å². The van der Waals surface area contributed by atoms with E-state index in [1.165, 1.54) is 19.2 Å². The summed E-state index contributed by atoms with van der Waals surface area (Å²) in [6.07, 6.45) is 0. The predicted octanol–water partition coefficient (Wildman–Crippen LogP) is 0.667. The van der Waals surface area contributed by atoms with Gasteiger partial charge in [0.05, 0.1) is 7.11 Å². The molecule has 0 aliphatic heterocycles. The molecule has 1 aromatic carbocycles. The number of halogens is 1. The average Bonchev–Trinajstić information content (AvgIpc) is 2.23. The minimum atomic E-state index is -1.30. The number of carboxylic acid groups (broad SMARTS) is 1. The quantitative estimate of drug-likeness (QED) is 0.705. The number of methoxy groups -OCH3 is 1. The standard InChI is InChI=1S/C10H12FNO4/c1-16-7-3-2-6(13)8(9(7)11)5(4-12)10(14)15/h2-3,5,13H,4,12H2,1H3,(H,14,15). The van der Waals surface area contributed by atoms with Crippen LogP contribution in [0, 0.1) is 5.82 Å². The molecule has 1 rings (SSSR count). The first-order valence-corrected chi connectivity index (χ1v) is 4.51. The van der Waals surface area contributed by atoms with E-state index in [9.17, 15) is 14.3 Å². The number of phenolic OH excluding ortho intramolecular Hbond substituents is 1. The number of phenols is 1. The van der Waals surface area contributed by atoms with Gasteiger partial charge in [-0.3, -0.25) is 4.79 Å². The average molecular weight is 229 g/mol. The van der Waals surface area contributed by atoms with E-state index in [0.29, 0.717) is 0 Å². The summed E-state index contributed by atoms with van der Waals surface area (Å²) in [6.45, 7) is -0.313. The van der Waals surface area contributed by atoms with Crippen LogP contribution in [0.25, 0.3) is 0 Å². The summed E-state index contributed by atoms with van der Waals surface area (Å²) in [4.78, 5) is 10.8. The van der Waals surface area contributed by atoms with Crippen molar-refractivity contribution in [1.82, 2.24) is 0 Å². The van der Waals surface area contributed by atoms with E-state index in [-0.39, 0.29) is 17.9 Å². The summed E-state index contributed by atoms with van der Waals surface area (Å²) in [6, 6.07) is 2.38. The second kappa shape index (κ2) is 4.80. The maximum absolute atomic E-state index is 13.7. The molecular formula is C10H12FNO4. The molecule has 0 aliphatic carbocycles.